The molecule has 0 amide bonds. The standard InChI is InChI=1S/C15H18BrFN2O/c16-13-11(9-18)5-6-12(14(13)17)19-10-15(20)7-3-1-2-4-8-15/h5-6,19-20H,1-4,7-8,10H2. The van der Waals surface area contributed by atoms with Crippen LogP contribution in [0.2, 0.25) is 0 Å². The molecule has 108 valence electrons. The minimum absolute atomic E-state index is 0.165. The molecule has 0 saturated heterocycles. The first-order valence-corrected chi connectivity index (χ1v) is 7.69. The molecule has 1 saturated carbocycles. The predicted molar refractivity (Wildman–Crippen MR) is 80.0 cm³/mol. The summed E-state index contributed by atoms with van der Waals surface area (Å²) in [5.74, 6) is -0.485. The number of hydrogen-bond donors (Lipinski definition) is 2. The van der Waals surface area contributed by atoms with Gasteiger partial charge < -0.3 is 10.4 Å². The molecule has 1 aromatic carbocycles. The Labute approximate surface area is 126 Å². The van der Waals surface area contributed by atoms with E-state index in [1.54, 1.807) is 12.1 Å². The van der Waals surface area contributed by atoms with Gasteiger partial charge in [-0.3, -0.25) is 0 Å². The van der Waals surface area contributed by atoms with Gasteiger partial charge in [0, 0.05) is 6.54 Å². The van der Waals surface area contributed by atoms with E-state index in [2.05, 4.69) is 21.2 Å². The fourth-order valence-corrected chi connectivity index (χ4v) is 3.03. The van der Waals surface area contributed by atoms with Crippen molar-refractivity contribution in [3.63, 3.8) is 0 Å². The smallest absolute Gasteiger partial charge is 0.161 e. The van der Waals surface area contributed by atoms with Crippen LogP contribution in [0.15, 0.2) is 16.6 Å². The summed E-state index contributed by atoms with van der Waals surface area (Å²) >= 11 is 3.08. The molecule has 1 aliphatic carbocycles. The van der Waals surface area contributed by atoms with Crippen molar-refractivity contribution in [2.45, 2.75) is 44.1 Å². The first kappa shape index (κ1) is 15.3. The summed E-state index contributed by atoms with van der Waals surface area (Å²) < 4.78 is 14.2. The average Bonchev–Trinajstić information content (AvgIpc) is 2.66. The Hall–Kier alpha value is -1.12. The van der Waals surface area contributed by atoms with Gasteiger partial charge in [0.05, 0.1) is 21.3 Å². The predicted octanol–water partition coefficient (Wildman–Crippen LogP) is 3.96. The number of nitriles is 1. The van der Waals surface area contributed by atoms with Crippen LogP contribution < -0.4 is 5.32 Å². The maximum absolute atomic E-state index is 14.1. The molecule has 0 heterocycles. The van der Waals surface area contributed by atoms with E-state index in [0.29, 0.717) is 12.2 Å². The number of nitrogens with one attached hydrogen (secondary N) is 1. The van der Waals surface area contributed by atoms with Crippen molar-refractivity contribution in [1.82, 2.24) is 0 Å². The zero-order valence-corrected chi connectivity index (χ0v) is 12.8. The highest BCUT2D eigenvalue weighted by Gasteiger charge is 2.28. The molecule has 3 nitrogen and oxygen atoms in total. The van der Waals surface area contributed by atoms with Crippen LogP contribution in [0, 0.1) is 17.1 Å². The highest BCUT2D eigenvalue weighted by molar-refractivity contribution is 9.10. The summed E-state index contributed by atoms with van der Waals surface area (Å²) in [5.41, 5.74) is -0.182. The highest BCUT2D eigenvalue weighted by atomic mass is 79.9. The first-order chi connectivity index (χ1) is 9.56. The number of rotatable bonds is 3. The van der Waals surface area contributed by atoms with Gasteiger partial charge in [0.15, 0.2) is 5.82 Å². The SMILES string of the molecule is N#Cc1ccc(NCC2(O)CCCCCC2)c(F)c1Br. The topological polar surface area (TPSA) is 56.0 Å². The van der Waals surface area contributed by atoms with Crippen molar-refractivity contribution in [3.05, 3.63) is 28.0 Å². The second-order valence-electron chi connectivity index (χ2n) is 5.39. The molecule has 0 aromatic heterocycles. The molecular weight excluding hydrogens is 323 g/mol. The molecule has 5 heteroatoms. The van der Waals surface area contributed by atoms with Crippen LogP contribution in [0.5, 0.6) is 0 Å². The van der Waals surface area contributed by atoms with E-state index >= 15 is 0 Å². The van der Waals surface area contributed by atoms with Crippen LogP contribution in [0.4, 0.5) is 10.1 Å². The lowest BCUT2D eigenvalue weighted by atomic mass is 9.94. The minimum Gasteiger partial charge on any atom is -0.388 e. The van der Waals surface area contributed by atoms with Crippen molar-refractivity contribution < 1.29 is 9.50 Å². The molecule has 2 rings (SSSR count). The Morgan fingerprint density at radius 3 is 2.55 bits per heavy atom. The molecule has 1 aliphatic rings. The van der Waals surface area contributed by atoms with E-state index in [9.17, 15) is 9.50 Å². The summed E-state index contributed by atoms with van der Waals surface area (Å²) in [6.07, 6.45) is 5.83. The average molecular weight is 341 g/mol. The molecule has 0 aliphatic heterocycles. The monoisotopic (exact) mass is 340 g/mol. The summed E-state index contributed by atoms with van der Waals surface area (Å²) in [6.45, 7) is 0.336. The molecule has 1 aromatic rings. The van der Waals surface area contributed by atoms with Crippen LogP contribution in [-0.2, 0) is 0 Å². The van der Waals surface area contributed by atoms with E-state index in [1.807, 2.05) is 6.07 Å². The van der Waals surface area contributed by atoms with Gasteiger partial charge in [0.1, 0.15) is 6.07 Å². The number of hydrogen-bond acceptors (Lipinski definition) is 3. The third kappa shape index (κ3) is 3.50. The van der Waals surface area contributed by atoms with Gasteiger partial charge in [-0.05, 0) is 40.9 Å². The largest absolute Gasteiger partial charge is 0.388 e. The minimum atomic E-state index is -0.761. The highest BCUT2D eigenvalue weighted by Crippen LogP contribution is 2.30. The van der Waals surface area contributed by atoms with Crippen LogP contribution >= 0.6 is 15.9 Å². The molecule has 0 unspecified atom stereocenters. The van der Waals surface area contributed by atoms with Gasteiger partial charge >= 0.3 is 0 Å². The Balaban J connectivity index is 2.07. The summed E-state index contributed by atoms with van der Waals surface area (Å²) in [6, 6.07) is 5.02. The van der Waals surface area contributed by atoms with Crippen LogP contribution in [-0.4, -0.2) is 17.3 Å². The van der Waals surface area contributed by atoms with Crippen molar-refractivity contribution in [3.8, 4) is 6.07 Å². The summed E-state index contributed by atoms with van der Waals surface area (Å²) in [4.78, 5) is 0. The normalized spacial score (nSPS) is 18.1. The number of nitrogens with zero attached hydrogens (tertiary/aromatic N) is 1. The summed E-state index contributed by atoms with van der Waals surface area (Å²) in [7, 11) is 0. The number of anilines is 1. The lowest BCUT2D eigenvalue weighted by molar-refractivity contribution is 0.0381. The summed E-state index contributed by atoms with van der Waals surface area (Å²) in [5, 5.41) is 22.3. The molecule has 0 atom stereocenters. The Morgan fingerprint density at radius 1 is 1.30 bits per heavy atom. The van der Waals surface area contributed by atoms with Gasteiger partial charge in [-0.2, -0.15) is 5.26 Å². The lowest BCUT2D eigenvalue weighted by Crippen LogP contribution is -2.36. The molecule has 0 spiro atoms. The van der Waals surface area contributed by atoms with Crippen LogP contribution in [0.25, 0.3) is 0 Å². The zero-order valence-electron chi connectivity index (χ0n) is 11.3. The van der Waals surface area contributed by atoms with E-state index in [4.69, 9.17) is 5.26 Å². The van der Waals surface area contributed by atoms with Crippen molar-refractivity contribution in [1.29, 1.82) is 5.26 Å². The number of halogens is 2. The number of benzene rings is 1. The van der Waals surface area contributed by atoms with Gasteiger partial charge in [-0.25, -0.2) is 4.39 Å². The van der Waals surface area contributed by atoms with Gasteiger partial charge in [0.2, 0.25) is 0 Å². The third-order valence-corrected chi connectivity index (χ3v) is 4.62. The Kier molecular flexibility index (Phi) is 5.00. The quantitative estimate of drug-likeness (QED) is 0.819. The second kappa shape index (κ2) is 6.55. The van der Waals surface area contributed by atoms with E-state index in [1.165, 1.54) is 0 Å². The molecule has 20 heavy (non-hydrogen) atoms. The van der Waals surface area contributed by atoms with Crippen LogP contribution in [0.3, 0.4) is 0 Å². The van der Waals surface area contributed by atoms with E-state index in [0.717, 1.165) is 38.5 Å². The first-order valence-electron chi connectivity index (χ1n) is 6.90. The fourth-order valence-electron chi connectivity index (χ4n) is 2.60. The Morgan fingerprint density at radius 2 is 1.95 bits per heavy atom. The maximum atomic E-state index is 14.1. The van der Waals surface area contributed by atoms with E-state index < -0.39 is 11.4 Å². The Bertz CT molecular complexity index is 519. The fraction of sp³-hybridized carbons (Fsp3) is 0.533. The van der Waals surface area contributed by atoms with Gasteiger partial charge in [0.25, 0.3) is 0 Å². The molecule has 1 fully saturated rings. The van der Waals surface area contributed by atoms with Crippen molar-refractivity contribution >= 4 is 21.6 Å². The molecule has 2 N–H and O–H groups in total. The van der Waals surface area contributed by atoms with Gasteiger partial charge in [-0.15, -0.1) is 0 Å². The molecule has 0 radical (unpaired) electrons. The third-order valence-electron chi connectivity index (χ3n) is 3.84. The zero-order chi connectivity index (χ0) is 14.6. The molecule has 0 bridgehead atoms. The maximum Gasteiger partial charge on any atom is 0.161 e. The van der Waals surface area contributed by atoms with Crippen molar-refractivity contribution in [2.75, 3.05) is 11.9 Å². The lowest BCUT2D eigenvalue weighted by Gasteiger charge is -2.27. The van der Waals surface area contributed by atoms with Crippen LogP contribution in [0.1, 0.15) is 44.1 Å². The van der Waals surface area contributed by atoms with Crippen molar-refractivity contribution in [2.24, 2.45) is 0 Å². The molecular formula is C15H18BrFN2O. The van der Waals surface area contributed by atoms with Gasteiger partial charge in [-0.1, -0.05) is 25.7 Å². The number of aliphatic hydroxyl groups is 1. The second-order valence-corrected chi connectivity index (χ2v) is 6.19. The van der Waals surface area contributed by atoms with E-state index in [-0.39, 0.29) is 10.0 Å².